The van der Waals surface area contributed by atoms with Gasteiger partial charge in [0, 0.05) is 94.5 Å². The Hall–Kier alpha value is -6.85. The summed E-state index contributed by atoms with van der Waals surface area (Å²) in [5.41, 5.74) is 9.55. The minimum absolute atomic E-state index is 0.0137. The Morgan fingerprint density at radius 3 is 1.33 bits per heavy atom. The molecular weight excluding hydrogens is 942 g/mol. The summed E-state index contributed by atoms with van der Waals surface area (Å²) in [6.45, 7) is 2.88. The van der Waals surface area contributed by atoms with Gasteiger partial charge in [-0.15, -0.1) is 22.7 Å². The van der Waals surface area contributed by atoms with Gasteiger partial charge in [-0.05, 0) is 119 Å². The maximum atomic E-state index is 11.6. The fraction of sp³-hybridized carbons (Fsp3) is 0.179. The fourth-order valence-corrected chi connectivity index (χ4v) is 10.4. The number of thiophene rings is 2. The van der Waals surface area contributed by atoms with Crippen LogP contribution in [0.1, 0.15) is 11.1 Å². The molecule has 0 aliphatic heterocycles. The van der Waals surface area contributed by atoms with Crippen molar-refractivity contribution in [2.75, 3.05) is 54.4 Å². The van der Waals surface area contributed by atoms with Crippen molar-refractivity contribution in [1.82, 2.24) is 20.4 Å². The standard InChI is InChI=1S/C28H30B2N2O5S.C28H28N2O3S/c1-32(2)26(33)4-3-16-31-17-15-19-5-7-20(8-6-19)27-24-14-13-23(30(36)37)18-25(24)38-28(27)21-9-11-22(12-10-21)29(34)35;1-30(2)26(33)4-3-16-29-17-15-19-5-7-20(8-6-19)27-24-14-13-23(32)18-25(24)34-28(27)21-9-11-22(31)12-10-21/h3-14,18,31,34-37H,15-17H2,1-2H3;3-14,18,29,31-32H,15-17H2,1-2H3/b2*4-3+. The molecule has 2 amide bonds. The molecule has 6 aromatic carbocycles. The van der Waals surface area contributed by atoms with E-state index in [9.17, 15) is 39.9 Å². The molecule has 0 saturated heterocycles. The number of phenols is 2. The second-order valence-electron chi connectivity index (χ2n) is 17.5. The third kappa shape index (κ3) is 13.8. The van der Waals surface area contributed by atoms with Crippen molar-refractivity contribution in [3.63, 3.8) is 0 Å². The van der Waals surface area contributed by atoms with Gasteiger partial charge in [0.2, 0.25) is 11.8 Å². The highest BCUT2D eigenvalue weighted by Crippen LogP contribution is 2.47. The number of hydrogen-bond donors (Lipinski definition) is 8. The Labute approximate surface area is 428 Å². The summed E-state index contributed by atoms with van der Waals surface area (Å²) < 4.78 is 1.95. The van der Waals surface area contributed by atoms with E-state index in [1.165, 1.54) is 16.0 Å². The number of carbonyl (C=O) groups is 2. The van der Waals surface area contributed by atoms with Crippen LogP contribution in [0.15, 0.2) is 158 Å². The van der Waals surface area contributed by atoms with Crippen molar-refractivity contribution in [3.05, 3.63) is 169 Å². The maximum Gasteiger partial charge on any atom is 0.488 e. The zero-order valence-electron chi connectivity index (χ0n) is 40.6. The Morgan fingerprint density at radius 1 is 0.500 bits per heavy atom. The first-order chi connectivity index (χ1) is 34.7. The number of carbonyl (C=O) groups excluding carboxylic acids is 2. The first-order valence-corrected chi connectivity index (χ1v) is 25.1. The second-order valence-corrected chi connectivity index (χ2v) is 19.6. The molecule has 16 heteroatoms. The molecule has 0 spiro atoms. The number of aromatic hydroxyl groups is 2. The molecule has 0 radical (unpaired) electrons. The van der Waals surface area contributed by atoms with Crippen LogP contribution in [0.5, 0.6) is 11.5 Å². The lowest BCUT2D eigenvalue weighted by Crippen LogP contribution is -2.29. The molecule has 0 bridgehead atoms. The molecule has 2 aromatic heterocycles. The van der Waals surface area contributed by atoms with Crippen molar-refractivity contribution in [2.45, 2.75) is 12.8 Å². The van der Waals surface area contributed by atoms with Crippen LogP contribution in [-0.2, 0) is 22.4 Å². The number of benzene rings is 6. The van der Waals surface area contributed by atoms with Gasteiger partial charge in [-0.2, -0.15) is 0 Å². The number of fused-ring (bicyclic) bond motifs is 2. The van der Waals surface area contributed by atoms with Crippen molar-refractivity contribution >= 4 is 79.8 Å². The Morgan fingerprint density at radius 2 is 0.889 bits per heavy atom. The topological polar surface area (TPSA) is 186 Å². The van der Waals surface area contributed by atoms with E-state index in [0.717, 1.165) is 89.2 Å². The average molecular weight is 1000 g/mol. The summed E-state index contributed by atoms with van der Waals surface area (Å²) in [6, 6.07) is 42.2. The van der Waals surface area contributed by atoms with E-state index < -0.39 is 14.2 Å². The van der Waals surface area contributed by atoms with Crippen LogP contribution in [0.25, 0.3) is 63.3 Å². The minimum Gasteiger partial charge on any atom is -0.508 e. The SMILES string of the molecule is CN(C)C(=O)/C=C/CNCCc1ccc(-c2c(-c3ccc(B(O)O)cc3)sc3cc(B(O)O)ccc23)cc1.CN(C)C(=O)/C=C/CNCCc1ccc(-c2c(-c3ccc(O)cc3)sc3cc(O)ccc23)cc1. The molecule has 8 rings (SSSR count). The predicted octanol–water partition coefficient (Wildman–Crippen LogP) is 6.79. The number of rotatable bonds is 18. The monoisotopic (exact) mass is 1000 g/mol. The normalized spacial score (nSPS) is 11.3. The van der Waals surface area contributed by atoms with E-state index in [1.807, 2.05) is 48.6 Å². The summed E-state index contributed by atoms with van der Waals surface area (Å²) in [4.78, 5) is 28.3. The van der Waals surface area contributed by atoms with Crippen LogP contribution in [0.3, 0.4) is 0 Å². The van der Waals surface area contributed by atoms with Crippen LogP contribution >= 0.6 is 22.7 Å². The molecule has 8 aromatic rings. The lowest BCUT2D eigenvalue weighted by atomic mass is 9.79. The van der Waals surface area contributed by atoms with Gasteiger partial charge < -0.3 is 50.7 Å². The van der Waals surface area contributed by atoms with Gasteiger partial charge in [-0.1, -0.05) is 97.1 Å². The first kappa shape index (κ1) is 53.0. The summed E-state index contributed by atoms with van der Waals surface area (Å²) in [5, 5.41) is 66.7. The Kier molecular flexibility index (Phi) is 18.4. The van der Waals surface area contributed by atoms with Gasteiger partial charge in [-0.3, -0.25) is 9.59 Å². The molecule has 0 saturated carbocycles. The first-order valence-electron chi connectivity index (χ1n) is 23.5. The molecule has 0 atom stereocenters. The van der Waals surface area contributed by atoms with E-state index >= 15 is 0 Å². The van der Waals surface area contributed by atoms with Gasteiger partial charge in [0.25, 0.3) is 0 Å². The highest BCUT2D eigenvalue weighted by Gasteiger charge is 2.21. The van der Waals surface area contributed by atoms with E-state index in [1.54, 1.807) is 116 Å². The summed E-state index contributed by atoms with van der Waals surface area (Å²) >= 11 is 3.19. The molecular formula is C56H58B2N4O8S2. The van der Waals surface area contributed by atoms with Crippen molar-refractivity contribution in [3.8, 4) is 54.6 Å². The summed E-state index contributed by atoms with van der Waals surface area (Å²) in [7, 11) is 3.84. The molecule has 12 nitrogen and oxygen atoms in total. The fourth-order valence-electron chi connectivity index (χ4n) is 7.89. The molecule has 0 fully saturated rings. The third-order valence-electron chi connectivity index (χ3n) is 11.9. The molecule has 8 N–H and O–H groups in total. The van der Waals surface area contributed by atoms with Gasteiger partial charge in [-0.25, -0.2) is 0 Å². The Balaban J connectivity index is 0.000000213. The average Bonchev–Trinajstić information content (AvgIpc) is 3.95. The van der Waals surface area contributed by atoms with Crippen LogP contribution in [0, 0.1) is 0 Å². The van der Waals surface area contributed by atoms with E-state index in [4.69, 9.17) is 0 Å². The molecule has 0 aliphatic rings. The minimum atomic E-state index is -1.55. The zero-order chi connectivity index (χ0) is 51.3. The lowest BCUT2D eigenvalue weighted by molar-refractivity contribution is -0.124. The van der Waals surface area contributed by atoms with Crippen molar-refractivity contribution in [2.24, 2.45) is 0 Å². The zero-order valence-corrected chi connectivity index (χ0v) is 42.3. The molecule has 0 unspecified atom stereocenters. The number of nitrogens with one attached hydrogen (secondary N) is 2. The highest BCUT2D eigenvalue weighted by atomic mass is 32.1. The number of likely N-dealkylation sites (N-methyl/N-ethyl adjacent to an activating group) is 2. The molecule has 72 heavy (non-hydrogen) atoms. The quantitative estimate of drug-likeness (QED) is 0.0259. The van der Waals surface area contributed by atoms with Crippen molar-refractivity contribution in [1.29, 1.82) is 0 Å². The second kappa shape index (κ2) is 25.0. The van der Waals surface area contributed by atoms with Gasteiger partial charge in [0.1, 0.15) is 11.5 Å². The van der Waals surface area contributed by atoms with Crippen LogP contribution in [0.2, 0.25) is 0 Å². The summed E-state index contributed by atoms with van der Waals surface area (Å²) in [5.74, 6) is 0.441. The van der Waals surface area contributed by atoms with E-state index in [-0.39, 0.29) is 23.3 Å². The van der Waals surface area contributed by atoms with E-state index in [0.29, 0.717) is 24.0 Å². The van der Waals surface area contributed by atoms with Gasteiger partial charge >= 0.3 is 14.2 Å². The van der Waals surface area contributed by atoms with E-state index in [2.05, 4.69) is 59.2 Å². The van der Waals surface area contributed by atoms with Crippen LogP contribution in [0.4, 0.5) is 0 Å². The number of phenolic OH excluding ortho intramolecular Hbond substituents is 2. The van der Waals surface area contributed by atoms with Gasteiger partial charge in [0.15, 0.2) is 0 Å². The van der Waals surface area contributed by atoms with Crippen LogP contribution in [-0.4, -0.2) is 121 Å². The van der Waals surface area contributed by atoms with Crippen LogP contribution < -0.4 is 21.6 Å². The molecule has 368 valence electrons. The maximum absolute atomic E-state index is 11.6. The lowest BCUT2D eigenvalue weighted by Gasteiger charge is -2.09. The smallest absolute Gasteiger partial charge is 0.488 e. The van der Waals surface area contributed by atoms with Crippen molar-refractivity contribution < 1.29 is 39.9 Å². The number of hydrogen-bond acceptors (Lipinski definition) is 12. The highest BCUT2D eigenvalue weighted by molar-refractivity contribution is 7.23. The summed E-state index contributed by atoms with van der Waals surface area (Å²) in [6.07, 6.45) is 8.54. The largest absolute Gasteiger partial charge is 0.508 e. The number of amides is 2. The van der Waals surface area contributed by atoms with Gasteiger partial charge in [0.05, 0.1) is 0 Å². The molecule has 2 heterocycles. The Bertz CT molecular complexity index is 3150. The molecule has 0 aliphatic carbocycles. The number of nitrogens with zero attached hydrogens (tertiary/aromatic N) is 2. The third-order valence-corrected chi connectivity index (χ3v) is 14.3. The predicted molar refractivity (Wildman–Crippen MR) is 297 cm³/mol.